The average molecular weight is 461 g/mol. The summed E-state index contributed by atoms with van der Waals surface area (Å²) in [6.07, 6.45) is 0. The lowest BCUT2D eigenvalue weighted by Crippen LogP contribution is -2.29. The molecule has 1 heterocycles. The van der Waals surface area contributed by atoms with Crippen LogP contribution in [0.2, 0.25) is 0 Å². The predicted octanol–water partition coefficient (Wildman–Crippen LogP) is 5.00. The van der Waals surface area contributed by atoms with Crippen LogP contribution >= 0.6 is 0 Å². The Bertz CT molecular complexity index is 1250. The van der Waals surface area contributed by atoms with Gasteiger partial charge in [0.05, 0.1) is 11.6 Å². The van der Waals surface area contributed by atoms with Crippen LogP contribution in [-0.2, 0) is 9.59 Å². The normalized spacial score (nSPS) is 17.3. The Morgan fingerprint density at radius 3 is 2.21 bits per heavy atom. The lowest BCUT2D eigenvalue weighted by molar-refractivity contribution is -0.132. The molecule has 174 valence electrons. The van der Waals surface area contributed by atoms with Gasteiger partial charge in [-0.1, -0.05) is 12.1 Å². The number of aliphatic hydroxyl groups excluding tert-OH is 1. The van der Waals surface area contributed by atoms with E-state index in [2.05, 4.69) is 4.90 Å². The molecule has 4 rings (SSSR count). The van der Waals surface area contributed by atoms with E-state index in [9.17, 15) is 24.2 Å². The number of anilines is 2. The van der Waals surface area contributed by atoms with Gasteiger partial charge in [0.25, 0.3) is 11.7 Å². The Morgan fingerprint density at radius 2 is 1.62 bits per heavy atom. The molecule has 0 spiro atoms. The number of carbonyl (C=O) groups excluding carboxylic acids is 2. The molecule has 0 aromatic heterocycles. The Labute approximate surface area is 197 Å². The summed E-state index contributed by atoms with van der Waals surface area (Å²) in [7, 11) is 0. The van der Waals surface area contributed by atoms with Gasteiger partial charge in [-0.05, 0) is 80.1 Å². The highest BCUT2D eigenvalue weighted by molar-refractivity contribution is 6.51. The van der Waals surface area contributed by atoms with Crippen LogP contribution in [0.1, 0.15) is 31.0 Å². The lowest BCUT2D eigenvalue weighted by Gasteiger charge is -2.27. The fourth-order valence-electron chi connectivity index (χ4n) is 4.29. The van der Waals surface area contributed by atoms with Crippen molar-refractivity contribution in [3.63, 3.8) is 0 Å². The van der Waals surface area contributed by atoms with Gasteiger partial charge in [-0.25, -0.2) is 4.39 Å². The average Bonchev–Trinajstić information content (AvgIpc) is 3.11. The maximum Gasteiger partial charge on any atom is 0.300 e. The fourth-order valence-corrected chi connectivity index (χ4v) is 4.29. The first-order valence-electron chi connectivity index (χ1n) is 11.1. The van der Waals surface area contributed by atoms with Gasteiger partial charge in [0.15, 0.2) is 0 Å². The summed E-state index contributed by atoms with van der Waals surface area (Å²) in [5, 5.41) is 21.1. The molecule has 7 heteroatoms. The Hall–Kier alpha value is -4.13. The van der Waals surface area contributed by atoms with Gasteiger partial charge in [0.1, 0.15) is 17.3 Å². The van der Waals surface area contributed by atoms with Crippen molar-refractivity contribution < 1.29 is 24.2 Å². The topological polar surface area (TPSA) is 81.1 Å². The number of amides is 1. The molecule has 1 fully saturated rings. The van der Waals surface area contributed by atoms with E-state index in [1.54, 1.807) is 24.3 Å². The molecule has 0 saturated carbocycles. The first-order valence-corrected chi connectivity index (χ1v) is 11.1. The first kappa shape index (κ1) is 23.0. The zero-order chi connectivity index (χ0) is 24.4. The summed E-state index contributed by atoms with van der Waals surface area (Å²) in [6.45, 7) is 5.74. The number of aromatic hydroxyl groups is 1. The van der Waals surface area contributed by atoms with Gasteiger partial charge < -0.3 is 15.1 Å². The number of phenols is 1. The van der Waals surface area contributed by atoms with Crippen molar-refractivity contribution in [2.75, 3.05) is 22.9 Å². The molecule has 0 radical (unpaired) electrons. The van der Waals surface area contributed by atoms with Crippen molar-refractivity contribution in [3.8, 4) is 5.75 Å². The molecule has 1 unspecified atom stereocenters. The van der Waals surface area contributed by atoms with Crippen LogP contribution in [0.3, 0.4) is 0 Å². The number of hydrogen-bond donors (Lipinski definition) is 2. The zero-order valence-electron chi connectivity index (χ0n) is 18.9. The highest BCUT2D eigenvalue weighted by Gasteiger charge is 2.47. The maximum absolute atomic E-state index is 13.4. The van der Waals surface area contributed by atoms with Gasteiger partial charge in [0.2, 0.25) is 0 Å². The quantitative estimate of drug-likeness (QED) is 0.307. The van der Waals surface area contributed by atoms with Crippen molar-refractivity contribution in [2.24, 2.45) is 0 Å². The van der Waals surface area contributed by atoms with Crippen LogP contribution in [0.4, 0.5) is 15.8 Å². The van der Waals surface area contributed by atoms with E-state index >= 15 is 0 Å². The van der Waals surface area contributed by atoms with Crippen LogP contribution in [0.15, 0.2) is 78.4 Å². The first-order chi connectivity index (χ1) is 16.3. The monoisotopic (exact) mass is 460 g/mol. The number of carbonyl (C=O) groups is 2. The van der Waals surface area contributed by atoms with Crippen LogP contribution in [0, 0.1) is 5.82 Å². The van der Waals surface area contributed by atoms with Crippen molar-refractivity contribution in [3.05, 3.63) is 95.3 Å². The summed E-state index contributed by atoms with van der Waals surface area (Å²) in [5.74, 6) is -2.60. The van der Waals surface area contributed by atoms with Gasteiger partial charge >= 0.3 is 0 Å². The van der Waals surface area contributed by atoms with Crippen molar-refractivity contribution in [2.45, 2.75) is 19.9 Å². The molecule has 1 atom stereocenters. The van der Waals surface area contributed by atoms with E-state index in [0.717, 1.165) is 18.8 Å². The van der Waals surface area contributed by atoms with Crippen LogP contribution in [0.25, 0.3) is 5.76 Å². The minimum absolute atomic E-state index is 0.0400. The molecule has 1 aliphatic rings. The van der Waals surface area contributed by atoms with Crippen molar-refractivity contribution in [1.82, 2.24) is 0 Å². The maximum atomic E-state index is 13.4. The molecule has 0 bridgehead atoms. The van der Waals surface area contributed by atoms with Crippen molar-refractivity contribution in [1.29, 1.82) is 0 Å². The summed E-state index contributed by atoms with van der Waals surface area (Å²) in [5.41, 5.74) is 1.99. The van der Waals surface area contributed by atoms with E-state index < -0.39 is 29.3 Å². The van der Waals surface area contributed by atoms with Gasteiger partial charge in [-0.2, -0.15) is 0 Å². The van der Waals surface area contributed by atoms with Gasteiger partial charge in [-0.15, -0.1) is 0 Å². The third-order valence-electron chi connectivity index (χ3n) is 6.00. The number of rotatable bonds is 6. The number of phenolic OH excluding ortho intramolecular Hbond substituents is 1. The Morgan fingerprint density at radius 1 is 0.971 bits per heavy atom. The van der Waals surface area contributed by atoms with Gasteiger partial charge in [0, 0.05) is 30.0 Å². The SMILES string of the molecule is CCN(CC)c1ccc(N2C(=O)C(=O)/C(=C(\O)c3ccc(F)cc3)C2c2cccc(O)c2)cc1. The Balaban J connectivity index is 1.87. The molecule has 1 aliphatic heterocycles. The van der Waals surface area contributed by atoms with Crippen LogP contribution in [-0.4, -0.2) is 35.0 Å². The predicted molar refractivity (Wildman–Crippen MR) is 129 cm³/mol. The summed E-state index contributed by atoms with van der Waals surface area (Å²) in [4.78, 5) is 29.8. The number of halogens is 1. The summed E-state index contributed by atoms with van der Waals surface area (Å²) < 4.78 is 13.4. The zero-order valence-corrected chi connectivity index (χ0v) is 18.9. The Kier molecular flexibility index (Phi) is 6.36. The number of Topliss-reactive ketones (excluding diaryl/α,β-unsaturated/α-hetero) is 1. The minimum Gasteiger partial charge on any atom is -0.508 e. The third-order valence-corrected chi connectivity index (χ3v) is 6.00. The molecular weight excluding hydrogens is 435 g/mol. The van der Waals surface area contributed by atoms with E-state index in [4.69, 9.17) is 0 Å². The summed E-state index contributed by atoms with van der Waals surface area (Å²) >= 11 is 0. The highest BCUT2D eigenvalue weighted by Crippen LogP contribution is 2.43. The van der Waals surface area contributed by atoms with E-state index in [1.165, 1.54) is 41.3 Å². The van der Waals surface area contributed by atoms with E-state index in [-0.39, 0.29) is 16.9 Å². The number of aliphatic hydroxyl groups is 1. The molecule has 1 saturated heterocycles. The second kappa shape index (κ2) is 9.39. The molecule has 3 aromatic carbocycles. The highest BCUT2D eigenvalue weighted by atomic mass is 19.1. The lowest BCUT2D eigenvalue weighted by atomic mass is 9.95. The second-order valence-electron chi connectivity index (χ2n) is 7.96. The largest absolute Gasteiger partial charge is 0.508 e. The van der Waals surface area contributed by atoms with Crippen molar-refractivity contribution >= 4 is 28.8 Å². The molecule has 34 heavy (non-hydrogen) atoms. The molecule has 2 N–H and O–H groups in total. The molecule has 3 aromatic rings. The number of ketones is 1. The molecule has 1 amide bonds. The fraction of sp³-hybridized carbons (Fsp3) is 0.185. The van der Waals surface area contributed by atoms with E-state index in [1.807, 2.05) is 26.0 Å². The number of nitrogens with zero attached hydrogens (tertiary/aromatic N) is 2. The standard InChI is InChI=1S/C27H25FN2O4/c1-3-29(4-2)20-12-14-21(15-13-20)30-24(18-6-5-7-22(31)16-18)23(26(33)27(30)34)25(32)17-8-10-19(28)11-9-17/h5-16,24,31-32H,3-4H2,1-2H3/b25-23-. The van der Waals surface area contributed by atoms with Crippen LogP contribution in [0.5, 0.6) is 5.75 Å². The molecule has 0 aliphatic carbocycles. The second-order valence-corrected chi connectivity index (χ2v) is 7.96. The number of benzene rings is 3. The summed E-state index contributed by atoms with van der Waals surface area (Å²) in [6, 6.07) is 17.5. The van der Waals surface area contributed by atoms with Gasteiger partial charge in [-0.3, -0.25) is 14.5 Å². The minimum atomic E-state index is -0.976. The molecular formula is C27H25FN2O4. The number of hydrogen-bond acceptors (Lipinski definition) is 5. The van der Waals surface area contributed by atoms with Crippen LogP contribution < -0.4 is 9.80 Å². The third kappa shape index (κ3) is 4.12. The molecule has 6 nitrogen and oxygen atoms in total. The van der Waals surface area contributed by atoms with E-state index in [0.29, 0.717) is 11.3 Å². The smallest absolute Gasteiger partial charge is 0.300 e.